The van der Waals surface area contributed by atoms with Crippen LogP contribution < -0.4 is 4.72 Å². The molecule has 0 saturated carbocycles. The molecule has 2 rings (SSSR count). The van der Waals surface area contributed by atoms with Crippen molar-refractivity contribution in [3.05, 3.63) is 35.9 Å². The molecule has 5 heteroatoms. The molecular weight excluding hydrogens is 298 g/mol. The summed E-state index contributed by atoms with van der Waals surface area (Å²) in [4.78, 5) is 0. The second kappa shape index (κ2) is 8.09. The Kier molecular flexibility index (Phi) is 6.41. The molecule has 1 N–H and O–H groups in total. The highest BCUT2D eigenvalue weighted by molar-refractivity contribution is 7.90. The first-order valence-electron chi connectivity index (χ1n) is 8.09. The molecule has 1 heterocycles. The van der Waals surface area contributed by atoms with Gasteiger partial charge in [0.15, 0.2) is 0 Å². The summed E-state index contributed by atoms with van der Waals surface area (Å²) in [5.74, 6) is 0.731. The van der Waals surface area contributed by atoms with Crippen LogP contribution in [0.15, 0.2) is 30.3 Å². The number of benzene rings is 1. The molecule has 22 heavy (non-hydrogen) atoms. The fourth-order valence-electron chi connectivity index (χ4n) is 2.79. The Morgan fingerprint density at radius 2 is 1.82 bits per heavy atom. The summed E-state index contributed by atoms with van der Waals surface area (Å²) < 4.78 is 32.9. The number of sulfonamides is 1. The van der Waals surface area contributed by atoms with Gasteiger partial charge in [0.2, 0.25) is 10.0 Å². The summed E-state index contributed by atoms with van der Waals surface area (Å²) in [5.41, 5.74) is 1.26. The van der Waals surface area contributed by atoms with Gasteiger partial charge < -0.3 is 4.74 Å². The smallest absolute Gasteiger partial charge is 0.214 e. The summed E-state index contributed by atoms with van der Waals surface area (Å²) in [6.07, 6.45) is 2.09. The topological polar surface area (TPSA) is 55.4 Å². The molecule has 1 aromatic rings. The number of nitrogens with one attached hydrogen (secondary N) is 1. The normalized spacial score (nSPS) is 18.5. The average Bonchev–Trinajstić information content (AvgIpc) is 2.53. The molecule has 1 saturated heterocycles. The van der Waals surface area contributed by atoms with E-state index < -0.39 is 10.0 Å². The van der Waals surface area contributed by atoms with Gasteiger partial charge in [0.25, 0.3) is 0 Å². The van der Waals surface area contributed by atoms with Crippen molar-refractivity contribution in [1.29, 1.82) is 0 Å². The number of hydrogen-bond acceptors (Lipinski definition) is 3. The van der Waals surface area contributed by atoms with E-state index in [1.807, 2.05) is 18.2 Å². The average molecular weight is 325 g/mol. The van der Waals surface area contributed by atoms with E-state index in [0.29, 0.717) is 44.4 Å². The minimum Gasteiger partial charge on any atom is -0.381 e. The van der Waals surface area contributed by atoms with Crippen LogP contribution in [0.5, 0.6) is 0 Å². The van der Waals surface area contributed by atoms with E-state index in [2.05, 4.69) is 30.7 Å². The van der Waals surface area contributed by atoms with Crippen LogP contribution in [-0.2, 0) is 21.2 Å². The zero-order valence-corrected chi connectivity index (χ0v) is 14.3. The standard InChI is InChI=1S/C17H27NO3S/c1-14(2)16(12-15-6-4-3-5-7-15)13-18-22(19,20)17-8-10-21-11-9-17/h3-7,14,16-18H,8-13H2,1-2H3. The third-order valence-electron chi connectivity index (χ3n) is 4.44. The van der Waals surface area contributed by atoms with Crippen molar-refractivity contribution >= 4 is 10.0 Å². The molecule has 0 amide bonds. The quantitative estimate of drug-likeness (QED) is 0.838. The number of ether oxygens (including phenoxy) is 1. The van der Waals surface area contributed by atoms with Gasteiger partial charge >= 0.3 is 0 Å². The fourth-order valence-corrected chi connectivity index (χ4v) is 4.28. The van der Waals surface area contributed by atoms with Crippen molar-refractivity contribution in [3.8, 4) is 0 Å². The van der Waals surface area contributed by atoms with E-state index in [4.69, 9.17) is 4.74 Å². The van der Waals surface area contributed by atoms with Gasteiger partial charge in [0.1, 0.15) is 0 Å². The van der Waals surface area contributed by atoms with Crippen LogP contribution in [0.4, 0.5) is 0 Å². The van der Waals surface area contributed by atoms with E-state index in [1.165, 1.54) is 5.56 Å². The lowest BCUT2D eigenvalue weighted by Gasteiger charge is -2.25. The fraction of sp³-hybridized carbons (Fsp3) is 0.647. The second-order valence-electron chi connectivity index (χ2n) is 6.40. The Labute approximate surface area is 134 Å². The molecule has 1 aliphatic heterocycles. The molecule has 0 bridgehead atoms. The van der Waals surface area contributed by atoms with Gasteiger partial charge in [-0.3, -0.25) is 0 Å². The molecule has 124 valence electrons. The van der Waals surface area contributed by atoms with Gasteiger partial charge in [-0.25, -0.2) is 13.1 Å². The van der Waals surface area contributed by atoms with Crippen molar-refractivity contribution in [2.75, 3.05) is 19.8 Å². The third kappa shape index (κ3) is 5.07. The second-order valence-corrected chi connectivity index (χ2v) is 8.44. The summed E-state index contributed by atoms with van der Waals surface area (Å²) in [6.45, 7) is 5.89. The SMILES string of the molecule is CC(C)C(CNS(=O)(=O)C1CCOCC1)Cc1ccccc1. The lowest BCUT2D eigenvalue weighted by atomic mass is 9.89. The molecule has 1 atom stereocenters. The molecular formula is C17H27NO3S. The first-order chi connectivity index (χ1) is 10.5. The highest BCUT2D eigenvalue weighted by Crippen LogP contribution is 2.19. The van der Waals surface area contributed by atoms with Crippen LogP contribution >= 0.6 is 0 Å². The Morgan fingerprint density at radius 3 is 2.41 bits per heavy atom. The molecule has 0 aromatic heterocycles. The first-order valence-corrected chi connectivity index (χ1v) is 9.64. The molecule has 0 spiro atoms. The van der Waals surface area contributed by atoms with Crippen LogP contribution in [0, 0.1) is 11.8 Å². The Bertz CT molecular complexity index is 536. The van der Waals surface area contributed by atoms with Crippen LogP contribution in [0.25, 0.3) is 0 Å². The van der Waals surface area contributed by atoms with E-state index >= 15 is 0 Å². The first kappa shape index (κ1) is 17.4. The van der Waals surface area contributed by atoms with Gasteiger partial charge in [0.05, 0.1) is 5.25 Å². The molecule has 0 aliphatic carbocycles. The maximum atomic E-state index is 12.4. The monoisotopic (exact) mass is 325 g/mol. The van der Waals surface area contributed by atoms with E-state index in [9.17, 15) is 8.42 Å². The minimum absolute atomic E-state index is 0.300. The molecule has 1 unspecified atom stereocenters. The molecule has 4 nitrogen and oxygen atoms in total. The summed E-state index contributed by atoms with van der Waals surface area (Å²) in [6, 6.07) is 10.3. The Balaban J connectivity index is 1.93. The third-order valence-corrected chi connectivity index (χ3v) is 6.36. The number of hydrogen-bond donors (Lipinski definition) is 1. The van der Waals surface area contributed by atoms with Crippen LogP contribution in [-0.4, -0.2) is 33.4 Å². The Hall–Kier alpha value is -0.910. The largest absolute Gasteiger partial charge is 0.381 e. The minimum atomic E-state index is -3.23. The van der Waals surface area contributed by atoms with Gasteiger partial charge in [-0.2, -0.15) is 0 Å². The maximum absolute atomic E-state index is 12.4. The zero-order valence-electron chi connectivity index (χ0n) is 13.5. The van der Waals surface area contributed by atoms with Gasteiger partial charge in [-0.1, -0.05) is 44.2 Å². The summed E-state index contributed by atoms with van der Waals surface area (Å²) in [7, 11) is -3.23. The van der Waals surface area contributed by atoms with Crippen molar-refractivity contribution in [3.63, 3.8) is 0 Å². The predicted molar refractivity (Wildman–Crippen MR) is 89.2 cm³/mol. The van der Waals surface area contributed by atoms with Crippen molar-refractivity contribution in [2.24, 2.45) is 11.8 Å². The highest BCUT2D eigenvalue weighted by Gasteiger charge is 2.28. The van der Waals surface area contributed by atoms with Crippen molar-refractivity contribution in [2.45, 2.75) is 38.4 Å². The van der Waals surface area contributed by atoms with Crippen LogP contribution in [0.1, 0.15) is 32.3 Å². The predicted octanol–water partition coefficient (Wildman–Crippen LogP) is 2.60. The number of rotatable bonds is 7. The van der Waals surface area contributed by atoms with Gasteiger partial charge in [0, 0.05) is 19.8 Å². The maximum Gasteiger partial charge on any atom is 0.214 e. The lowest BCUT2D eigenvalue weighted by Crippen LogP contribution is -2.41. The van der Waals surface area contributed by atoms with Crippen LogP contribution in [0.3, 0.4) is 0 Å². The van der Waals surface area contributed by atoms with Crippen molar-refractivity contribution < 1.29 is 13.2 Å². The lowest BCUT2D eigenvalue weighted by molar-refractivity contribution is 0.0981. The van der Waals surface area contributed by atoms with Gasteiger partial charge in [-0.15, -0.1) is 0 Å². The highest BCUT2D eigenvalue weighted by atomic mass is 32.2. The zero-order chi connectivity index (χ0) is 16.0. The van der Waals surface area contributed by atoms with Crippen LogP contribution in [0.2, 0.25) is 0 Å². The summed E-state index contributed by atoms with van der Waals surface area (Å²) >= 11 is 0. The molecule has 0 radical (unpaired) electrons. The van der Waals surface area contributed by atoms with E-state index in [0.717, 1.165) is 6.42 Å². The molecule has 1 fully saturated rings. The Morgan fingerprint density at radius 1 is 1.18 bits per heavy atom. The van der Waals surface area contributed by atoms with E-state index in [-0.39, 0.29) is 5.25 Å². The van der Waals surface area contributed by atoms with E-state index in [1.54, 1.807) is 0 Å². The summed E-state index contributed by atoms with van der Waals surface area (Å²) in [5, 5.41) is -0.300. The molecule has 1 aromatic carbocycles. The molecule has 1 aliphatic rings. The van der Waals surface area contributed by atoms with Gasteiger partial charge in [-0.05, 0) is 36.7 Å². The van der Waals surface area contributed by atoms with Crippen molar-refractivity contribution in [1.82, 2.24) is 4.72 Å².